The maximum Gasteiger partial charge on any atom is 0.420 e. The molecule has 130 valence electrons. The Hall–Kier alpha value is -3.09. The van der Waals surface area contributed by atoms with Gasteiger partial charge < -0.3 is 14.1 Å². The second kappa shape index (κ2) is 7.21. The number of amides is 1. The second-order valence-electron chi connectivity index (χ2n) is 5.54. The molecule has 0 unspecified atom stereocenters. The summed E-state index contributed by atoms with van der Waals surface area (Å²) in [5.41, 5.74) is 1.03. The molecule has 1 aromatic heterocycles. The number of fused-ring (bicyclic) bond motifs is 1. The van der Waals surface area contributed by atoms with Crippen LogP contribution in [0.3, 0.4) is 0 Å². The predicted molar refractivity (Wildman–Crippen MR) is 90.0 cm³/mol. The van der Waals surface area contributed by atoms with Crippen LogP contribution in [0.25, 0.3) is 11.1 Å². The summed E-state index contributed by atoms with van der Waals surface area (Å²) in [5, 5.41) is 0. The molecule has 1 amide bonds. The van der Waals surface area contributed by atoms with Crippen molar-refractivity contribution in [2.75, 3.05) is 20.2 Å². The van der Waals surface area contributed by atoms with Crippen molar-refractivity contribution >= 4 is 17.0 Å². The quantitative estimate of drug-likeness (QED) is 0.688. The van der Waals surface area contributed by atoms with Crippen molar-refractivity contribution < 1.29 is 18.3 Å². The zero-order valence-corrected chi connectivity index (χ0v) is 13.6. The standard InChI is InChI=1S/C18H17FN2O4/c1-20(10-11-24-14-8-6-13(19)7-9-14)17(22)12-21-15-4-2-3-5-16(15)25-18(21)23/h2-9H,10-12H2,1H3. The molecule has 0 aliphatic carbocycles. The number of ether oxygens (including phenoxy) is 1. The fourth-order valence-electron chi connectivity index (χ4n) is 2.38. The summed E-state index contributed by atoms with van der Waals surface area (Å²) in [6.07, 6.45) is 0. The fraction of sp³-hybridized carbons (Fsp3) is 0.222. The van der Waals surface area contributed by atoms with Crippen LogP contribution >= 0.6 is 0 Å². The molecule has 0 fully saturated rings. The first-order chi connectivity index (χ1) is 12.0. The normalized spacial score (nSPS) is 10.8. The number of oxazole rings is 1. The summed E-state index contributed by atoms with van der Waals surface area (Å²) in [6.45, 7) is 0.485. The Bertz CT molecular complexity index is 930. The molecule has 0 aliphatic heterocycles. The minimum absolute atomic E-state index is 0.108. The molecule has 3 rings (SSSR count). The average Bonchev–Trinajstić information content (AvgIpc) is 2.92. The molecule has 25 heavy (non-hydrogen) atoms. The van der Waals surface area contributed by atoms with E-state index in [-0.39, 0.29) is 24.9 Å². The summed E-state index contributed by atoms with van der Waals surface area (Å²) in [7, 11) is 1.63. The number of aromatic nitrogens is 1. The van der Waals surface area contributed by atoms with Crippen molar-refractivity contribution in [1.29, 1.82) is 0 Å². The molecule has 6 nitrogen and oxygen atoms in total. The molecule has 0 N–H and O–H groups in total. The third kappa shape index (κ3) is 3.88. The minimum atomic E-state index is -0.564. The van der Waals surface area contributed by atoms with Gasteiger partial charge in [-0.2, -0.15) is 0 Å². The zero-order chi connectivity index (χ0) is 17.8. The number of carbonyl (C=O) groups is 1. The van der Waals surface area contributed by atoms with E-state index in [0.717, 1.165) is 0 Å². The van der Waals surface area contributed by atoms with Crippen molar-refractivity contribution in [3.63, 3.8) is 0 Å². The third-order valence-electron chi connectivity index (χ3n) is 3.80. The summed E-state index contributed by atoms with van der Waals surface area (Å²) < 4.78 is 24.7. The summed E-state index contributed by atoms with van der Waals surface area (Å²) in [4.78, 5) is 25.7. The lowest BCUT2D eigenvalue weighted by atomic mass is 10.3. The van der Waals surface area contributed by atoms with E-state index in [9.17, 15) is 14.0 Å². The van der Waals surface area contributed by atoms with Crippen LogP contribution in [0.2, 0.25) is 0 Å². The maximum atomic E-state index is 12.8. The summed E-state index contributed by atoms with van der Waals surface area (Å²) in [5.74, 6) is -0.612. The molecule has 0 spiro atoms. The van der Waals surface area contributed by atoms with E-state index >= 15 is 0 Å². The Labute approximate surface area is 143 Å². The highest BCUT2D eigenvalue weighted by Crippen LogP contribution is 2.12. The average molecular weight is 344 g/mol. The van der Waals surface area contributed by atoms with E-state index < -0.39 is 5.76 Å². The number of hydrogen-bond donors (Lipinski definition) is 0. The maximum absolute atomic E-state index is 12.8. The molecule has 1 heterocycles. The molecule has 0 aliphatic rings. The van der Waals surface area contributed by atoms with Crippen molar-refractivity contribution in [2.24, 2.45) is 0 Å². The highest BCUT2D eigenvalue weighted by atomic mass is 19.1. The molecule has 2 aromatic carbocycles. The summed E-state index contributed by atoms with van der Waals surface area (Å²) >= 11 is 0. The van der Waals surface area contributed by atoms with Gasteiger partial charge in [-0.25, -0.2) is 9.18 Å². The van der Waals surface area contributed by atoms with Crippen LogP contribution in [0.5, 0.6) is 5.75 Å². The molecule has 0 radical (unpaired) electrons. The van der Waals surface area contributed by atoms with Crippen molar-refractivity contribution in [3.05, 3.63) is 64.9 Å². The monoisotopic (exact) mass is 344 g/mol. The topological polar surface area (TPSA) is 64.7 Å². The number of likely N-dealkylation sites (N-methyl/N-ethyl adjacent to an activating group) is 1. The van der Waals surface area contributed by atoms with Gasteiger partial charge in [0.1, 0.15) is 24.7 Å². The molecule has 0 saturated carbocycles. The van der Waals surface area contributed by atoms with Crippen LogP contribution in [0, 0.1) is 5.82 Å². The molecule has 7 heteroatoms. The fourth-order valence-corrected chi connectivity index (χ4v) is 2.38. The number of para-hydroxylation sites is 2. The van der Waals surface area contributed by atoms with Gasteiger partial charge in [-0.3, -0.25) is 9.36 Å². The van der Waals surface area contributed by atoms with E-state index in [0.29, 0.717) is 23.4 Å². The number of rotatable bonds is 6. The Morgan fingerprint density at radius 1 is 1.20 bits per heavy atom. The Morgan fingerprint density at radius 2 is 1.92 bits per heavy atom. The zero-order valence-electron chi connectivity index (χ0n) is 13.6. The SMILES string of the molecule is CN(CCOc1ccc(F)cc1)C(=O)Cn1c(=O)oc2ccccc21. The minimum Gasteiger partial charge on any atom is -0.492 e. The van der Waals surface area contributed by atoms with Crippen molar-refractivity contribution in [2.45, 2.75) is 6.54 Å². The van der Waals surface area contributed by atoms with Crippen LogP contribution in [-0.2, 0) is 11.3 Å². The number of nitrogens with zero attached hydrogens (tertiary/aromatic N) is 2. The smallest absolute Gasteiger partial charge is 0.420 e. The third-order valence-corrected chi connectivity index (χ3v) is 3.80. The number of hydrogen-bond acceptors (Lipinski definition) is 4. The van der Waals surface area contributed by atoms with Gasteiger partial charge in [0, 0.05) is 7.05 Å². The molecular weight excluding hydrogens is 327 g/mol. The Kier molecular flexibility index (Phi) is 4.83. The number of halogens is 1. The van der Waals surface area contributed by atoms with Crippen LogP contribution in [0.15, 0.2) is 57.7 Å². The van der Waals surface area contributed by atoms with Crippen LogP contribution in [-0.4, -0.2) is 35.6 Å². The van der Waals surface area contributed by atoms with Gasteiger partial charge in [-0.15, -0.1) is 0 Å². The Morgan fingerprint density at radius 3 is 2.68 bits per heavy atom. The lowest BCUT2D eigenvalue weighted by Crippen LogP contribution is -2.35. The van der Waals surface area contributed by atoms with Gasteiger partial charge in [-0.1, -0.05) is 12.1 Å². The van der Waals surface area contributed by atoms with Gasteiger partial charge in [0.15, 0.2) is 5.58 Å². The van der Waals surface area contributed by atoms with E-state index in [1.165, 1.54) is 33.7 Å². The number of carbonyl (C=O) groups excluding carboxylic acids is 1. The van der Waals surface area contributed by atoms with E-state index in [4.69, 9.17) is 9.15 Å². The first-order valence-electron chi connectivity index (χ1n) is 7.75. The summed E-state index contributed by atoms with van der Waals surface area (Å²) in [6, 6.07) is 12.6. The molecule has 0 saturated heterocycles. The predicted octanol–water partition coefficient (Wildman–Crippen LogP) is 2.27. The highest BCUT2D eigenvalue weighted by molar-refractivity contribution is 5.79. The van der Waals surface area contributed by atoms with E-state index in [1.807, 2.05) is 0 Å². The lowest BCUT2D eigenvalue weighted by molar-refractivity contribution is -0.130. The highest BCUT2D eigenvalue weighted by Gasteiger charge is 2.15. The van der Waals surface area contributed by atoms with Gasteiger partial charge in [0.05, 0.1) is 12.1 Å². The van der Waals surface area contributed by atoms with Crippen LogP contribution < -0.4 is 10.5 Å². The van der Waals surface area contributed by atoms with Crippen LogP contribution in [0.4, 0.5) is 4.39 Å². The molecule has 3 aromatic rings. The molecular formula is C18H17FN2O4. The first kappa shape index (κ1) is 16.8. The van der Waals surface area contributed by atoms with Gasteiger partial charge in [0.2, 0.25) is 5.91 Å². The van der Waals surface area contributed by atoms with Gasteiger partial charge in [-0.05, 0) is 36.4 Å². The Balaban J connectivity index is 1.58. The van der Waals surface area contributed by atoms with Gasteiger partial charge >= 0.3 is 5.76 Å². The first-order valence-corrected chi connectivity index (χ1v) is 7.75. The second-order valence-corrected chi connectivity index (χ2v) is 5.54. The largest absolute Gasteiger partial charge is 0.492 e. The molecule has 0 atom stereocenters. The van der Waals surface area contributed by atoms with Crippen molar-refractivity contribution in [3.8, 4) is 5.75 Å². The van der Waals surface area contributed by atoms with E-state index in [1.54, 1.807) is 31.3 Å². The number of benzene rings is 2. The van der Waals surface area contributed by atoms with Gasteiger partial charge in [0.25, 0.3) is 0 Å². The lowest BCUT2D eigenvalue weighted by Gasteiger charge is -2.17. The van der Waals surface area contributed by atoms with Crippen LogP contribution in [0.1, 0.15) is 0 Å². The molecule has 0 bridgehead atoms. The van der Waals surface area contributed by atoms with E-state index in [2.05, 4.69) is 0 Å². The van der Waals surface area contributed by atoms with Crippen molar-refractivity contribution in [1.82, 2.24) is 9.47 Å².